The van der Waals surface area contributed by atoms with E-state index in [1.165, 1.54) is 11.8 Å². The summed E-state index contributed by atoms with van der Waals surface area (Å²) in [6, 6.07) is 7.83. The number of aromatic nitrogens is 2. The summed E-state index contributed by atoms with van der Waals surface area (Å²) in [5.41, 5.74) is 0.904. The SMILES string of the molecule is C=CCNC(=O)[C@H](C)Sc1nc(C)nc2ccccc12. The number of para-hydroxylation sites is 1. The van der Waals surface area contributed by atoms with Crippen molar-refractivity contribution in [2.24, 2.45) is 0 Å². The van der Waals surface area contributed by atoms with Gasteiger partial charge in [-0.2, -0.15) is 0 Å². The van der Waals surface area contributed by atoms with Crippen LogP contribution >= 0.6 is 11.8 Å². The minimum absolute atomic E-state index is 0.0183. The van der Waals surface area contributed by atoms with Crippen LogP contribution in [0, 0.1) is 6.92 Å². The van der Waals surface area contributed by atoms with Gasteiger partial charge in [0.15, 0.2) is 0 Å². The van der Waals surface area contributed by atoms with Gasteiger partial charge in [0.25, 0.3) is 0 Å². The van der Waals surface area contributed by atoms with E-state index in [0.717, 1.165) is 15.9 Å². The third-order valence-electron chi connectivity index (χ3n) is 2.76. The summed E-state index contributed by atoms with van der Waals surface area (Å²) in [4.78, 5) is 20.8. The van der Waals surface area contributed by atoms with E-state index in [2.05, 4.69) is 21.9 Å². The minimum atomic E-state index is -0.215. The highest BCUT2D eigenvalue weighted by Crippen LogP contribution is 2.28. The molecule has 104 valence electrons. The van der Waals surface area contributed by atoms with Crippen LogP contribution in [-0.2, 0) is 4.79 Å². The van der Waals surface area contributed by atoms with Crippen molar-refractivity contribution >= 4 is 28.6 Å². The number of thioether (sulfide) groups is 1. The Hall–Kier alpha value is -1.88. The number of fused-ring (bicyclic) bond motifs is 1. The second-order valence-electron chi connectivity index (χ2n) is 4.39. The quantitative estimate of drug-likeness (QED) is 0.522. The predicted octanol–water partition coefficient (Wildman–Crippen LogP) is 2.72. The molecule has 1 aromatic heterocycles. The maximum Gasteiger partial charge on any atom is 0.233 e. The molecule has 0 unspecified atom stereocenters. The Morgan fingerprint density at radius 1 is 1.45 bits per heavy atom. The van der Waals surface area contributed by atoms with Gasteiger partial charge in [-0.1, -0.05) is 36.0 Å². The molecule has 0 saturated heterocycles. The molecule has 1 heterocycles. The number of rotatable bonds is 5. The molecule has 1 amide bonds. The van der Waals surface area contributed by atoms with Crippen LogP contribution in [0.4, 0.5) is 0 Å². The number of nitrogens with one attached hydrogen (secondary N) is 1. The smallest absolute Gasteiger partial charge is 0.233 e. The van der Waals surface area contributed by atoms with E-state index in [0.29, 0.717) is 12.4 Å². The first-order valence-electron chi connectivity index (χ1n) is 6.40. The van der Waals surface area contributed by atoms with Gasteiger partial charge >= 0.3 is 0 Å². The molecule has 2 aromatic rings. The van der Waals surface area contributed by atoms with Crippen molar-refractivity contribution in [3.63, 3.8) is 0 Å². The van der Waals surface area contributed by atoms with Gasteiger partial charge in [0.05, 0.1) is 10.8 Å². The summed E-state index contributed by atoms with van der Waals surface area (Å²) in [7, 11) is 0. The summed E-state index contributed by atoms with van der Waals surface area (Å²) in [5.74, 6) is 0.695. The van der Waals surface area contributed by atoms with E-state index in [9.17, 15) is 4.79 Å². The lowest BCUT2D eigenvalue weighted by Crippen LogP contribution is -2.30. The molecule has 4 nitrogen and oxygen atoms in total. The molecule has 5 heteroatoms. The first-order chi connectivity index (χ1) is 9.61. The summed E-state index contributed by atoms with van der Waals surface area (Å²) < 4.78 is 0. The van der Waals surface area contributed by atoms with Gasteiger partial charge in [0, 0.05) is 11.9 Å². The van der Waals surface area contributed by atoms with Crippen molar-refractivity contribution < 1.29 is 4.79 Å². The lowest BCUT2D eigenvalue weighted by molar-refractivity contribution is -0.120. The first kappa shape index (κ1) is 14.5. The molecule has 0 aliphatic heterocycles. The highest BCUT2D eigenvalue weighted by atomic mass is 32.2. The van der Waals surface area contributed by atoms with Crippen LogP contribution in [0.1, 0.15) is 12.7 Å². The number of amides is 1. The molecule has 1 N–H and O–H groups in total. The van der Waals surface area contributed by atoms with E-state index in [-0.39, 0.29) is 11.2 Å². The van der Waals surface area contributed by atoms with Gasteiger partial charge in [0.2, 0.25) is 5.91 Å². The fourth-order valence-corrected chi connectivity index (χ4v) is 2.80. The van der Waals surface area contributed by atoms with Crippen molar-refractivity contribution in [3.8, 4) is 0 Å². The van der Waals surface area contributed by atoms with Crippen LogP contribution in [0.15, 0.2) is 41.9 Å². The molecular formula is C15H17N3OS. The number of hydrogen-bond acceptors (Lipinski definition) is 4. The molecule has 0 aliphatic carbocycles. The zero-order chi connectivity index (χ0) is 14.5. The molecule has 0 spiro atoms. The number of benzene rings is 1. The normalized spacial score (nSPS) is 12.1. The summed E-state index contributed by atoms with van der Waals surface area (Å²) in [5, 5.41) is 4.40. The Bertz CT molecular complexity index is 642. The molecule has 0 saturated carbocycles. The van der Waals surface area contributed by atoms with E-state index in [1.807, 2.05) is 38.1 Å². The van der Waals surface area contributed by atoms with Gasteiger partial charge in [-0.25, -0.2) is 9.97 Å². The first-order valence-corrected chi connectivity index (χ1v) is 7.28. The highest BCUT2D eigenvalue weighted by molar-refractivity contribution is 8.00. The van der Waals surface area contributed by atoms with Crippen LogP contribution in [-0.4, -0.2) is 27.7 Å². The Balaban J connectivity index is 2.24. The Morgan fingerprint density at radius 3 is 2.95 bits per heavy atom. The van der Waals surface area contributed by atoms with Crippen LogP contribution in [0.2, 0.25) is 0 Å². The number of aryl methyl sites for hydroxylation is 1. The molecule has 0 aliphatic rings. The molecule has 2 rings (SSSR count). The van der Waals surface area contributed by atoms with Gasteiger partial charge in [0.1, 0.15) is 10.9 Å². The minimum Gasteiger partial charge on any atom is -0.352 e. The zero-order valence-corrected chi connectivity index (χ0v) is 12.4. The third kappa shape index (κ3) is 3.36. The lowest BCUT2D eigenvalue weighted by atomic mass is 10.2. The number of carbonyl (C=O) groups is 1. The zero-order valence-electron chi connectivity index (χ0n) is 11.6. The maximum atomic E-state index is 11.9. The van der Waals surface area contributed by atoms with Gasteiger partial charge in [-0.15, -0.1) is 6.58 Å². The number of hydrogen-bond donors (Lipinski definition) is 1. The predicted molar refractivity (Wildman–Crippen MR) is 82.8 cm³/mol. The van der Waals surface area contributed by atoms with Gasteiger partial charge in [-0.05, 0) is 19.9 Å². The molecule has 1 aromatic carbocycles. The van der Waals surface area contributed by atoms with Crippen LogP contribution in [0.5, 0.6) is 0 Å². The van der Waals surface area contributed by atoms with E-state index in [4.69, 9.17) is 0 Å². The number of carbonyl (C=O) groups excluding carboxylic acids is 1. The van der Waals surface area contributed by atoms with Gasteiger partial charge in [-0.3, -0.25) is 4.79 Å². The monoisotopic (exact) mass is 287 g/mol. The van der Waals surface area contributed by atoms with Crippen LogP contribution in [0.3, 0.4) is 0 Å². The van der Waals surface area contributed by atoms with E-state index in [1.54, 1.807) is 6.08 Å². The van der Waals surface area contributed by atoms with E-state index >= 15 is 0 Å². The fourth-order valence-electron chi connectivity index (χ4n) is 1.79. The van der Waals surface area contributed by atoms with Crippen LogP contribution in [0.25, 0.3) is 10.9 Å². The Morgan fingerprint density at radius 2 is 2.20 bits per heavy atom. The van der Waals surface area contributed by atoms with Crippen molar-refractivity contribution in [2.75, 3.05) is 6.54 Å². The second kappa shape index (κ2) is 6.52. The summed E-state index contributed by atoms with van der Waals surface area (Å²) >= 11 is 1.45. The standard InChI is InChI=1S/C15H17N3OS/c1-4-9-16-14(19)10(2)20-15-12-7-5-6-8-13(12)17-11(3)18-15/h4-8,10H,1,9H2,2-3H3,(H,16,19)/t10-/m0/s1. The summed E-state index contributed by atoms with van der Waals surface area (Å²) in [6.45, 7) is 7.80. The topological polar surface area (TPSA) is 54.9 Å². The summed E-state index contributed by atoms with van der Waals surface area (Å²) in [6.07, 6.45) is 1.67. The number of nitrogens with zero attached hydrogens (tertiary/aromatic N) is 2. The van der Waals surface area contributed by atoms with Crippen molar-refractivity contribution in [1.29, 1.82) is 0 Å². The van der Waals surface area contributed by atoms with Crippen molar-refractivity contribution in [1.82, 2.24) is 15.3 Å². The average Bonchev–Trinajstić information content (AvgIpc) is 2.44. The fraction of sp³-hybridized carbons (Fsp3) is 0.267. The Kier molecular flexibility index (Phi) is 4.74. The average molecular weight is 287 g/mol. The Labute approximate surface area is 122 Å². The third-order valence-corrected chi connectivity index (χ3v) is 3.86. The van der Waals surface area contributed by atoms with E-state index < -0.39 is 0 Å². The molecule has 0 radical (unpaired) electrons. The molecular weight excluding hydrogens is 270 g/mol. The lowest BCUT2D eigenvalue weighted by Gasteiger charge is -2.12. The molecule has 0 bridgehead atoms. The van der Waals surface area contributed by atoms with Crippen LogP contribution < -0.4 is 5.32 Å². The largest absolute Gasteiger partial charge is 0.352 e. The molecule has 20 heavy (non-hydrogen) atoms. The molecule has 0 fully saturated rings. The maximum absolute atomic E-state index is 11.9. The second-order valence-corrected chi connectivity index (χ2v) is 5.72. The van der Waals surface area contributed by atoms with Crippen molar-refractivity contribution in [3.05, 3.63) is 42.7 Å². The molecule has 1 atom stereocenters. The van der Waals surface area contributed by atoms with Gasteiger partial charge < -0.3 is 5.32 Å². The van der Waals surface area contributed by atoms with Crippen molar-refractivity contribution in [2.45, 2.75) is 24.1 Å². The highest BCUT2D eigenvalue weighted by Gasteiger charge is 2.16.